The number of nitrogens with zero attached hydrogens (tertiary/aromatic N) is 2. The Labute approximate surface area is 159 Å². The van der Waals surface area contributed by atoms with Gasteiger partial charge in [-0.3, -0.25) is 4.98 Å². The summed E-state index contributed by atoms with van der Waals surface area (Å²) in [5, 5.41) is 0.768. The van der Waals surface area contributed by atoms with Gasteiger partial charge >= 0.3 is 0 Å². The lowest BCUT2D eigenvalue weighted by atomic mass is 9.77. The van der Waals surface area contributed by atoms with Crippen LogP contribution in [0.2, 0.25) is 5.02 Å². The lowest BCUT2D eigenvalue weighted by molar-refractivity contribution is 0.404. The minimum Gasteiger partial charge on any atom is -0.347 e. The number of hydrogen-bond donors (Lipinski definition) is 0. The molecular weight excluding hydrogens is 340 g/mol. The van der Waals surface area contributed by atoms with E-state index in [4.69, 9.17) is 11.6 Å². The van der Waals surface area contributed by atoms with E-state index in [1.54, 1.807) is 0 Å². The average molecular weight is 361 g/mol. The minimum atomic E-state index is 0.0579. The van der Waals surface area contributed by atoms with Crippen LogP contribution in [0.3, 0.4) is 0 Å². The molecule has 1 aliphatic rings. The summed E-state index contributed by atoms with van der Waals surface area (Å²) in [6.07, 6.45) is 10.3. The number of pyridine rings is 1. The van der Waals surface area contributed by atoms with E-state index < -0.39 is 0 Å². The third kappa shape index (κ3) is 3.81. The molecule has 130 valence electrons. The van der Waals surface area contributed by atoms with E-state index in [1.807, 2.05) is 24.5 Å². The Balaban J connectivity index is 1.61. The Hall–Kier alpha value is -2.58. The van der Waals surface area contributed by atoms with Gasteiger partial charge in [-0.1, -0.05) is 48.0 Å². The van der Waals surface area contributed by atoms with Gasteiger partial charge in [0.2, 0.25) is 0 Å². The summed E-state index contributed by atoms with van der Waals surface area (Å²) < 4.78 is 0. The van der Waals surface area contributed by atoms with Gasteiger partial charge in [0, 0.05) is 41.3 Å². The van der Waals surface area contributed by atoms with Gasteiger partial charge in [0.25, 0.3) is 0 Å². The van der Waals surface area contributed by atoms with Crippen molar-refractivity contribution in [3.8, 4) is 0 Å². The van der Waals surface area contributed by atoms with Gasteiger partial charge in [-0.15, -0.1) is 0 Å². The number of benzene rings is 2. The maximum atomic E-state index is 6.05. The molecule has 2 heterocycles. The van der Waals surface area contributed by atoms with Crippen molar-refractivity contribution in [1.82, 2.24) is 4.98 Å². The number of halogens is 1. The highest BCUT2D eigenvalue weighted by Gasteiger charge is 2.34. The molecule has 0 saturated heterocycles. The zero-order valence-electron chi connectivity index (χ0n) is 14.6. The number of anilines is 1. The second-order valence-corrected chi connectivity index (χ2v) is 7.41. The van der Waals surface area contributed by atoms with E-state index in [-0.39, 0.29) is 5.41 Å². The van der Waals surface area contributed by atoms with Gasteiger partial charge in [-0.05, 0) is 60.4 Å². The molecule has 0 aliphatic carbocycles. The fraction of sp³-hybridized carbons (Fsp3) is 0.174. The number of rotatable bonds is 5. The van der Waals surface area contributed by atoms with Gasteiger partial charge in [0.05, 0.1) is 0 Å². The molecule has 0 spiro atoms. The van der Waals surface area contributed by atoms with Crippen LogP contribution in [0.4, 0.5) is 5.69 Å². The summed E-state index contributed by atoms with van der Waals surface area (Å²) >= 11 is 6.05. The maximum Gasteiger partial charge on any atom is 0.0407 e. The molecule has 3 heteroatoms. The molecule has 1 unspecified atom stereocenters. The predicted octanol–water partition coefficient (Wildman–Crippen LogP) is 5.54. The van der Waals surface area contributed by atoms with Crippen molar-refractivity contribution in [2.75, 3.05) is 11.4 Å². The summed E-state index contributed by atoms with van der Waals surface area (Å²) in [7, 11) is 0. The van der Waals surface area contributed by atoms with Gasteiger partial charge < -0.3 is 4.90 Å². The second kappa shape index (κ2) is 7.35. The van der Waals surface area contributed by atoms with Crippen LogP contribution in [0.15, 0.2) is 91.4 Å². The van der Waals surface area contributed by atoms with E-state index in [0.29, 0.717) is 0 Å². The minimum absolute atomic E-state index is 0.0579. The van der Waals surface area contributed by atoms with Crippen molar-refractivity contribution in [1.29, 1.82) is 0 Å². The molecule has 1 aliphatic heterocycles. The quantitative estimate of drug-likeness (QED) is 0.593. The molecule has 0 N–H and O–H groups in total. The molecular formula is C23H21ClN2. The fourth-order valence-electron chi connectivity index (χ4n) is 3.70. The highest BCUT2D eigenvalue weighted by Crippen LogP contribution is 2.37. The lowest BCUT2D eigenvalue weighted by Gasteiger charge is -2.30. The van der Waals surface area contributed by atoms with E-state index in [1.165, 1.54) is 16.8 Å². The fourth-order valence-corrected chi connectivity index (χ4v) is 3.83. The molecule has 1 aromatic heterocycles. The summed E-state index contributed by atoms with van der Waals surface area (Å²) in [4.78, 5) is 6.48. The van der Waals surface area contributed by atoms with Crippen molar-refractivity contribution in [3.63, 3.8) is 0 Å². The second-order valence-electron chi connectivity index (χ2n) is 6.98. The Morgan fingerprint density at radius 2 is 1.50 bits per heavy atom. The zero-order valence-corrected chi connectivity index (χ0v) is 15.3. The third-order valence-corrected chi connectivity index (χ3v) is 5.21. The summed E-state index contributed by atoms with van der Waals surface area (Å²) in [5.41, 5.74) is 3.92. The Morgan fingerprint density at radius 3 is 2.19 bits per heavy atom. The molecule has 0 saturated carbocycles. The van der Waals surface area contributed by atoms with Crippen LogP contribution >= 0.6 is 11.6 Å². The highest BCUT2D eigenvalue weighted by atomic mass is 35.5. The maximum absolute atomic E-state index is 6.05. The van der Waals surface area contributed by atoms with E-state index in [2.05, 4.69) is 76.8 Å². The van der Waals surface area contributed by atoms with Gasteiger partial charge in [0.1, 0.15) is 0 Å². The smallest absolute Gasteiger partial charge is 0.0407 e. The molecule has 4 rings (SSSR count). The number of hydrogen-bond acceptors (Lipinski definition) is 2. The molecule has 0 amide bonds. The van der Waals surface area contributed by atoms with Crippen molar-refractivity contribution in [3.05, 3.63) is 108 Å². The monoisotopic (exact) mass is 360 g/mol. The highest BCUT2D eigenvalue weighted by molar-refractivity contribution is 6.30. The first-order valence-electron chi connectivity index (χ1n) is 8.87. The van der Waals surface area contributed by atoms with E-state index in [9.17, 15) is 0 Å². The summed E-state index contributed by atoms with van der Waals surface area (Å²) in [6, 6.07) is 23.0. The van der Waals surface area contributed by atoms with Crippen LogP contribution in [0, 0.1) is 5.41 Å². The Kier molecular flexibility index (Phi) is 4.77. The molecule has 2 aromatic carbocycles. The van der Waals surface area contributed by atoms with Crippen molar-refractivity contribution in [2.24, 2.45) is 5.41 Å². The third-order valence-electron chi connectivity index (χ3n) is 4.96. The zero-order chi connectivity index (χ0) is 17.8. The molecule has 3 aromatic rings. The first kappa shape index (κ1) is 16.9. The lowest BCUT2D eigenvalue weighted by Crippen LogP contribution is -2.32. The van der Waals surface area contributed by atoms with Gasteiger partial charge in [-0.2, -0.15) is 0 Å². The largest absolute Gasteiger partial charge is 0.347 e. The van der Waals surface area contributed by atoms with Crippen LogP contribution in [0.1, 0.15) is 11.1 Å². The normalized spacial score (nSPS) is 19.0. The molecule has 2 nitrogen and oxygen atoms in total. The number of aromatic nitrogens is 1. The van der Waals surface area contributed by atoms with E-state index >= 15 is 0 Å². The van der Waals surface area contributed by atoms with Gasteiger partial charge in [-0.25, -0.2) is 0 Å². The van der Waals surface area contributed by atoms with Gasteiger partial charge in [0.15, 0.2) is 0 Å². The van der Waals surface area contributed by atoms with Crippen LogP contribution < -0.4 is 4.90 Å². The summed E-state index contributed by atoms with van der Waals surface area (Å²) in [6.45, 7) is 0.950. The van der Waals surface area contributed by atoms with Crippen molar-refractivity contribution in [2.45, 2.75) is 12.8 Å². The standard InChI is InChI=1S/C23H21ClN2/c24-21-6-8-22(9-7-21)26-15-12-23(18-26,16-19-4-2-1-3-5-19)17-20-10-13-25-14-11-20/h1-15H,16-18H2. The van der Waals surface area contributed by atoms with Crippen molar-refractivity contribution >= 4 is 17.3 Å². The van der Waals surface area contributed by atoms with E-state index in [0.717, 1.165) is 24.4 Å². The molecule has 0 radical (unpaired) electrons. The van der Waals surface area contributed by atoms with Crippen LogP contribution in [-0.2, 0) is 12.8 Å². The first-order chi connectivity index (χ1) is 12.7. The average Bonchev–Trinajstić information content (AvgIpc) is 3.07. The Morgan fingerprint density at radius 1 is 0.846 bits per heavy atom. The molecule has 26 heavy (non-hydrogen) atoms. The topological polar surface area (TPSA) is 16.1 Å². The first-order valence-corrected chi connectivity index (χ1v) is 9.25. The van der Waals surface area contributed by atoms with Crippen molar-refractivity contribution < 1.29 is 0 Å². The Bertz CT molecular complexity index is 832. The molecule has 1 atom stereocenters. The van der Waals surface area contributed by atoms with Crippen LogP contribution in [-0.4, -0.2) is 11.5 Å². The van der Waals surface area contributed by atoms with Crippen LogP contribution in [0.25, 0.3) is 0 Å². The molecule has 0 fully saturated rings. The molecule has 0 bridgehead atoms. The SMILES string of the molecule is Clc1ccc(N2C=CC(Cc3ccccc3)(Cc3ccncc3)C2)cc1. The summed E-state index contributed by atoms with van der Waals surface area (Å²) in [5.74, 6) is 0. The van der Waals surface area contributed by atoms with Crippen LogP contribution in [0.5, 0.6) is 0 Å². The predicted molar refractivity (Wildman–Crippen MR) is 108 cm³/mol.